The summed E-state index contributed by atoms with van der Waals surface area (Å²) in [6.45, 7) is 4.37. The Balaban J connectivity index is 1.53. The van der Waals surface area contributed by atoms with Crippen molar-refractivity contribution in [1.82, 2.24) is 19.9 Å². The monoisotopic (exact) mass is 385 g/mol. The summed E-state index contributed by atoms with van der Waals surface area (Å²) < 4.78 is 5.42. The zero-order valence-electron chi connectivity index (χ0n) is 15.4. The molecule has 0 atom stereocenters. The number of ether oxygens (including phenoxy) is 1. The van der Waals surface area contributed by atoms with Gasteiger partial charge in [-0.2, -0.15) is 15.0 Å². The molecule has 2 aliphatic rings. The predicted octanol–water partition coefficient (Wildman–Crippen LogP) is 0.979. The normalized spacial score (nSPS) is 17.3. The smallest absolute Gasteiger partial charge is 0.407 e. The van der Waals surface area contributed by atoms with Crippen LogP contribution in [-0.2, 0) is 4.74 Å². The lowest BCUT2D eigenvalue weighted by molar-refractivity contribution is 0.0863. The molecule has 1 aromatic carbocycles. The first kappa shape index (κ1) is 18.2. The first-order valence-corrected chi connectivity index (χ1v) is 9.25. The number of benzene rings is 1. The molecule has 0 aliphatic carbocycles. The number of nitrogens with zero attached hydrogens (tertiary/aromatic N) is 5. The van der Waals surface area contributed by atoms with Crippen LogP contribution in [0.1, 0.15) is 0 Å². The highest BCUT2D eigenvalue weighted by atomic mass is 16.5. The fourth-order valence-corrected chi connectivity index (χ4v) is 3.20. The molecule has 2 saturated heterocycles. The second-order valence-electron chi connectivity index (χ2n) is 6.94. The maximum Gasteiger partial charge on any atom is 0.407 e. The molecular formula is C18H23N7O3. The third-order valence-electron chi connectivity index (χ3n) is 4.86. The molecule has 0 bridgehead atoms. The lowest BCUT2D eigenvalue weighted by atomic mass is 10.0. The summed E-state index contributed by atoms with van der Waals surface area (Å²) in [5.41, 5.74) is 7.32. The summed E-state index contributed by atoms with van der Waals surface area (Å²) in [4.78, 5) is 28.1. The second kappa shape index (κ2) is 7.85. The minimum atomic E-state index is -0.878. The lowest BCUT2D eigenvalue weighted by Gasteiger charge is -2.37. The van der Waals surface area contributed by atoms with Gasteiger partial charge in [0, 0.05) is 49.9 Å². The van der Waals surface area contributed by atoms with Crippen LogP contribution in [0.3, 0.4) is 0 Å². The van der Waals surface area contributed by atoms with E-state index in [-0.39, 0.29) is 5.92 Å². The predicted molar refractivity (Wildman–Crippen MR) is 104 cm³/mol. The van der Waals surface area contributed by atoms with E-state index in [0.717, 1.165) is 18.7 Å². The van der Waals surface area contributed by atoms with Crippen molar-refractivity contribution in [3.63, 3.8) is 0 Å². The molecule has 0 saturated carbocycles. The molecule has 4 N–H and O–H groups in total. The number of likely N-dealkylation sites (tertiary alicyclic amines) is 1. The number of rotatable bonds is 5. The number of morpholine rings is 1. The largest absolute Gasteiger partial charge is 0.465 e. The van der Waals surface area contributed by atoms with E-state index in [1.165, 1.54) is 4.90 Å². The van der Waals surface area contributed by atoms with Crippen LogP contribution in [-0.4, -0.2) is 77.0 Å². The van der Waals surface area contributed by atoms with Gasteiger partial charge in [-0.3, -0.25) is 0 Å². The van der Waals surface area contributed by atoms with Crippen LogP contribution in [0.15, 0.2) is 24.3 Å². The standard InChI is InChI=1S/C18H23N7O3/c19-14-3-1-13(2-4-14)15-21-16(20-9-12-10-25(11-12)18(26)27)23-17(22-15)24-5-7-28-8-6-24/h1-4,12H,5-11,19H2,(H,26,27)(H,20,21,22,23). The van der Waals surface area contributed by atoms with Crippen molar-refractivity contribution >= 4 is 23.7 Å². The van der Waals surface area contributed by atoms with E-state index in [4.69, 9.17) is 15.6 Å². The Kier molecular flexibility index (Phi) is 5.11. The number of amides is 1. The number of carbonyl (C=O) groups is 1. The number of hydrogen-bond acceptors (Lipinski definition) is 8. The number of carboxylic acid groups (broad SMARTS) is 1. The van der Waals surface area contributed by atoms with Crippen LogP contribution in [0.25, 0.3) is 11.4 Å². The number of nitrogen functional groups attached to an aromatic ring is 1. The van der Waals surface area contributed by atoms with Gasteiger partial charge in [0.2, 0.25) is 11.9 Å². The molecule has 10 nitrogen and oxygen atoms in total. The van der Waals surface area contributed by atoms with Gasteiger partial charge in [0.05, 0.1) is 13.2 Å². The fraction of sp³-hybridized carbons (Fsp3) is 0.444. The average Bonchev–Trinajstić information content (AvgIpc) is 2.67. The minimum absolute atomic E-state index is 0.250. The first-order chi connectivity index (χ1) is 13.6. The summed E-state index contributed by atoms with van der Waals surface area (Å²) in [6.07, 6.45) is -0.878. The summed E-state index contributed by atoms with van der Waals surface area (Å²) >= 11 is 0. The highest BCUT2D eigenvalue weighted by Gasteiger charge is 2.30. The van der Waals surface area contributed by atoms with Crippen molar-refractivity contribution in [2.75, 3.05) is 61.9 Å². The Hall–Kier alpha value is -3.14. The second-order valence-corrected chi connectivity index (χ2v) is 6.94. The molecule has 2 aromatic rings. The Morgan fingerprint density at radius 3 is 2.57 bits per heavy atom. The van der Waals surface area contributed by atoms with Gasteiger partial charge in [-0.15, -0.1) is 0 Å². The summed E-state index contributed by atoms with van der Waals surface area (Å²) in [5, 5.41) is 12.2. The van der Waals surface area contributed by atoms with E-state index in [0.29, 0.717) is 56.3 Å². The maximum atomic E-state index is 10.9. The van der Waals surface area contributed by atoms with Gasteiger partial charge in [-0.25, -0.2) is 4.79 Å². The quantitative estimate of drug-likeness (QED) is 0.645. The molecule has 0 unspecified atom stereocenters. The molecule has 2 fully saturated rings. The molecule has 2 aliphatic heterocycles. The van der Waals surface area contributed by atoms with Gasteiger partial charge >= 0.3 is 6.09 Å². The molecule has 148 valence electrons. The van der Waals surface area contributed by atoms with Crippen LogP contribution in [0.2, 0.25) is 0 Å². The summed E-state index contributed by atoms with van der Waals surface area (Å²) in [5.74, 6) is 1.91. The lowest BCUT2D eigenvalue weighted by Crippen LogP contribution is -2.51. The number of anilines is 3. The van der Waals surface area contributed by atoms with Crippen molar-refractivity contribution in [2.24, 2.45) is 5.92 Å². The van der Waals surface area contributed by atoms with E-state index in [9.17, 15) is 4.79 Å². The van der Waals surface area contributed by atoms with Gasteiger partial charge in [-0.05, 0) is 24.3 Å². The topological polar surface area (TPSA) is 130 Å². The Morgan fingerprint density at radius 1 is 1.18 bits per heavy atom. The Labute approximate surface area is 162 Å². The van der Waals surface area contributed by atoms with E-state index >= 15 is 0 Å². The third kappa shape index (κ3) is 4.06. The van der Waals surface area contributed by atoms with Crippen LogP contribution < -0.4 is 16.0 Å². The molecule has 3 heterocycles. The maximum absolute atomic E-state index is 10.9. The van der Waals surface area contributed by atoms with Crippen molar-refractivity contribution in [1.29, 1.82) is 0 Å². The highest BCUT2D eigenvalue weighted by Crippen LogP contribution is 2.22. The first-order valence-electron chi connectivity index (χ1n) is 9.25. The fourth-order valence-electron chi connectivity index (χ4n) is 3.20. The summed E-state index contributed by atoms with van der Waals surface area (Å²) in [6, 6.07) is 7.40. The third-order valence-corrected chi connectivity index (χ3v) is 4.86. The molecule has 1 aromatic heterocycles. The zero-order valence-corrected chi connectivity index (χ0v) is 15.4. The number of hydrogen-bond donors (Lipinski definition) is 3. The van der Waals surface area contributed by atoms with E-state index in [2.05, 4.69) is 25.2 Å². The number of aromatic nitrogens is 3. The Bertz CT molecular complexity index is 834. The van der Waals surface area contributed by atoms with Gasteiger partial charge in [0.15, 0.2) is 5.82 Å². The minimum Gasteiger partial charge on any atom is -0.465 e. The van der Waals surface area contributed by atoms with E-state index < -0.39 is 6.09 Å². The molecule has 0 spiro atoms. The average molecular weight is 385 g/mol. The van der Waals surface area contributed by atoms with Crippen LogP contribution in [0.4, 0.5) is 22.4 Å². The van der Waals surface area contributed by atoms with Gasteiger partial charge in [0.25, 0.3) is 0 Å². The Morgan fingerprint density at radius 2 is 1.89 bits per heavy atom. The zero-order chi connectivity index (χ0) is 19.5. The number of nitrogens with two attached hydrogens (primary N) is 1. The van der Waals surface area contributed by atoms with Crippen molar-refractivity contribution in [2.45, 2.75) is 0 Å². The molecular weight excluding hydrogens is 362 g/mol. The van der Waals surface area contributed by atoms with Crippen LogP contribution >= 0.6 is 0 Å². The molecule has 28 heavy (non-hydrogen) atoms. The van der Waals surface area contributed by atoms with Gasteiger partial charge in [-0.1, -0.05) is 0 Å². The SMILES string of the molecule is Nc1ccc(-c2nc(NCC3CN(C(=O)O)C3)nc(N3CCOCC3)n2)cc1. The molecule has 1 amide bonds. The highest BCUT2D eigenvalue weighted by molar-refractivity contribution is 5.66. The van der Waals surface area contributed by atoms with Gasteiger partial charge < -0.3 is 30.7 Å². The molecule has 10 heteroatoms. The van der Waals surface area contributed by atoms with Crippen molar-refractivity contribution in [3.05, 3.63) is 24.3 Å². The molecule has 4 rings (SSSR count). The van der Waals surface area contributed by atoms with Crippen LogP contribution in [0.5, 0.6) is 0 Å². The van der Waals surface area contributed by atoms with E-state index in [1.807, 2.05) is 24.3 Å². The van der Waals surface area contributed by atoms with Gasteiger partial charge in [0.1, 0.15) is 0 Å². The van der Waals surface area contributed by atoms with Crippen LogP contribution in [0, 0.1) is 5.92 Å². The van der Waals surface area contributed by atoms with Crippen molar-refractivity contribution < 1.29 is 14.6 Å². The molecule has 0 radical (unpaired) electrons. The number of nitrogens with one attached hydrogen (secondary N) is 1. The van der Waals surface area contributed by atoms with Crippen molar-refractivity contribution in [3.8, 4) is 11.4 Å². The summed E-state index contributed by atoms with van der Waals surface area (Å²) in [7, 11) is 0. The van der Waals surface area contributed by atoms with E-state index in [1.54, 1.807) is 0 Å².